The summed E-state index contributed by atoms with van der Waals surface area (Å²) in [7, 11) is 0. The van der Waals surface area contributed by atoms with E-state index in [1.165, 1.54) is 4.90 Å². The van der Waals surface area contributed by atoms with Gasteiger partial charge in [0.25, 0.3) is 5.91 Å². The van der Waals surface area contributed by atoms with E-state index in [1.807, 2.05) is 19.1 Å². The summed E-state index contributed by atoms with van der Waals surface area (Å²) in [5, 5.41) is 3.83. The van der Waals surface area contributed by atoms with Crippen LogP contribution < -0.4 is 20.6 Å². The number of morpholine rings is 1. The van der Waals surface area contributed by atoms with Gasteiger partial charge in [-0.1, -0.05) is 0 Å². The van der Waals surface area contributed by atoms with Gasteiger partial charge in [0.1, 0.15) is 24.4 Å². The van der Waals surface area contributed by atoms with Crippen LogP contribution in [0.3, 0.4) is 0 Å². The fourth-order valence-electron chi connectivity index (χ4n) is 4.42. The first kappa shape index (κ1) is 20.9. The largest absolute Gasteiger partial charge is 0.480 e. The number of aryl methyl sites for hydroxylation is 2. The van der Waals surface area contributed by atoms with Crippen molar-refractivity contribution in [2.24, 2.45) is 0 Å². The highest BCUT2D eigenvalue weighted by molar-refractivity contribution is 5.89. The molecule has 2 N–H and O–H groups in total. The second-order valence-corrected chi connectivity index (χ2v) is 8.35. The van der Waals surface area contributed by atoms with Crippen LogP contribution in [0.2, 0.25) is 0 Å². The molecule has 7 nitrogen and oxygen atoms in total. The van der Waals surface area contributed by atoms with E-state index in [4.69, 9.17) is 13.9 Å². The molecule has 1 aliphatic heterocycles. The molecule has 30 heavy (non-hydrogen) atoms. The average Bonchev–Trinajstić information content (AvgIpc) is 2.74. The van der Waals surface area contributed by atoms with Crippen molar-refractivity contribution in [3.8, 4) is 5.75 Å². The third-order valence-electron chi connectivity index (χ3n) is 6.08. The Kier molecular flexibility index (Phi) is 6.39. The zero-order valence-electron chi connectivity index (χ0n) is 17.8. The summed E-state index contributed by atoms with van der Waals surface area (Å²) in [6.45, 7) is 8.71. The Hall–Kier alpha value is -2.38. The minimum Gasteiger partial charge on any atom is -0.480 e. The standard InChI is InChI=1S/C23H30N2O5/c1-15-13-19(21-17-5-3-4-6-18(17)23(27)30-20(21)14-15)29-16(2)22(26)24-7-8-25-9-11-28-12-10-25/h13-14,16H,3-12H2,1-2H3,(H,24,26)/p+1/t16-/m0/s1. The molecule has 1 aliphatic carbocycles. The van der Waals surface area contributed by atoms with Gasteiger partial charge in [-0.2, -0.15) is 0 Å². The van der Waals surface area contributed by atoms with E-state index < -0.39 is 6.10 Å². The number of hydrogen-bond donors (Lipinski definition) is 2. The fourth-order valence-corrected chi connectivity index (χ4v) is 4.42. The summed E-state index contributed by atoms with van der Waals surface area (Å²) in [5.41, 5.74) is 3.00. The van der Waals surface area contributed by atoms with Crippen LogP contribution in [-0.4, -0.2) is 51.4 Å². The monoisotopic (exact) mass is 415 g/mol. The Morgan fingerprint density at radius 1 is 1.20 bits per heavy atom. The van der Waals surface area contributed by atoms with Crippen molar-refractivity contribution in [3.63, 3.8) is 0 Å². The lowest BCUT2D eigenvalue weighted by Crippen LogP contribution is -3.14. The first-order valence-corrected chi connectivity index (χ1v) is 11.0. The van der Waals surface area contributed by atoms with E-state index in [-0.39, 0.29) is 11.5 Å². The highest BCUT2D eigenvalue weighted by Gasteiger charge is 2.23. The number of benzene rings is 1. The Morgan fingerprint density at radius 2 is 1.93 bits per heavy atom. The van der Waals surface area contributed by atoms with Crippen molar-refractivity contribution >= 4 is 16.9 Å². The van der Waals surface area contributed by atoms with E-state index in [9.17, 15) is 9.59 Å². The van der Waals surface area contributed by atoms with Crippen LogP contribution in [0, 0.1) is 6.92 Å². The summed E-state index contributed by atoms with van der Waals surface area (Å²) in [6.07, 6.45) is 2.97. The maximum atomic E-state index is 12.6. The van der Waals surface area contributed by atoms with Crippen LogP contribution in [0.15, 0.2) is 21.3 Å². The third-order valence-corrected chi connectivity index (χ3v) is 6.08. The molecular formula is C23H31N2O5+. The average molecular weight is 416 g/mol. The zero-order valence-corrected chi connectivity index (χ0v) is 17.8. The number of hydrogen-bond acceptors (Lipinski definition) is 5. The van der Waals surface area contributed by atoms with Crippen LogP contribution in [0.5, 0.6) is 5.75 Å². The predicted molar refractivity (Wildman–Crippen MR) is 113 cm³/mol. The van der Waals surface area contributed by atoms with Gasteiger partial charge >= 0.3 is 5.63 Å². The summed E-state index contributed by atoms with van der Waals surface area (Å²) in [4.78, 5) is 26.5. The molecule has 7 heteroatoms. The molecule has 1 amide bonds. The number of fused-ring (bicyclic) bond motifs is 3. The molecule has 1 saturated heterocycles. The van der Waals surface area contributed by atoms with E-state index >= 15 is 0 Å². The Bertz CT molecular complexity index is 978. The van der Waals surface area contributed by atoms with Gasteiger partial charge in [-0.25, -0.2) is 4.79 Å². The maximum absolute atomic E-state index is 12.6. The quantitative estimate of drug-likeness (QED) is 0.682. The minimum atomic E-state index is -0.638. The SMILES string of the molecule is Cc1cc(O[C@@H](C)C(=O)NCC[NH+]2CCOCC2)c2c3c(c(=O)oc2c1)CCCC3. The fraction of sp³-hybridized carbons (Fsp3) is 0.565. The van der Waals surface area contributed by atoms with Gasteiger partial charge in [-0.05, 0) is 62.8 Å². The third kappa shape index (κ3) is 4.52. The lowest BCUT2D eigenvalue weighted by Gasteiger charge is -2.24. The van der Waals surface area contributed by atoms with Crippen LogP contribution in [0.1, 0.15) is 36.5 Å². The molecule has 2 aliphatic rings. The second kappa shape index (κ2) is 9.18. The topological polar surface area (TPSA) is 82.2 Å². The lowest BCUT2D eigenvalue weighted by atomic mass is 9.90. The highest BCUT2D eigenvalue weighted by Crippen LogP contribution is 2.35. The number of quaternary nitrogens is 1. The first-order valence-electron chi connectivity index (χ1n) is 11.0. The first-order chi connectivity index (χ1) is 14.5. The number of amides is 1. The molecule has 2 aromatic rings. The molecule has 1 fully saturated rings. The molecule has 162 valence electrons. The van der Waals surface area contributed by atoms with Gasteiger partial charge < -0.3 is 24.1 Å². The van der Waals surface area contributed by atoms with E-state index in [0.29, 0.717) is 17.9 Å². The normalized spacial score (nSPS) is 18.1. The molecule has 4 rings (SSSR count). The van der Waals surface area contributed by atoms with Gasteiger partial charge in [0.2, 0.25) is 0 Å². The van der Waals surface area contributed by atoms with Gasteiger partial charge in [0, 0.05) is 5.56 Å². The van der Waals surface area contributed by atoms with Gasteiger partial charge in [0.05, 0.1) is 31.7 Å². The Labute approximate surface area is 176 Å². The minimum absolute atomic E-state index is 0.136. The van der Waals surface area contributed by atoms with Crippen LogP contribution >= 0.6 is 0 Å². The maximum Gasteiger partial charge on any atom is 0.339 e. The molecular weight excluding hydrogens is 384 g/mol. The number of carbonyl (C=O) groups excluding carboxylic acids is 1. The molecule has 0 saturated carbocycles. The molecule has 1 aromatic heterocycles. The lowest BCUT2D eigenvalue weighted by molar-refractivity contribution is -0.906. The Balaban J connectivity index is 1.49. The molecule has 1 atom stereocenters. The van der Waals surface area contributed by atoms with Crippen LogP contribution in [-0.2, 0) is 22.4 Å². The van der Waals surface area contributed by atoms with Gasteiger partial charge in [-0.15, -0.1) is 0 Å². The highest BCUT2D eigenvalue weighted by atomic mass is 16.5. The van der Waals surface area contributed by atoms with Crippen molar-refractivity contribution in [1.29, 1.82) is 0 Å². The Morgan fingerprint density at radius 3 is 2.70 bits per heavy atom. The number of rotatable bonds is 6. The summed E-state index contributed by atoms with van der Waals surface area (Å²) >= 11 is 0. The van der Waals surface area contributed by atoms with Gasteiger partial charge in [-0.3, -0.25) is 4.79 Å². The number of nitrogens with one attached hydrogen (secondary N) is 2. The van der Waals surface area contributed by atoms with Crippen molar-refractivity contribution in [2.75, 3.05) is 39.4 Å². The van der Waals surface area contributed by atoms with Crippen molar-refractivity contribution < 1.29 is 23.6 Å². The molecule has 0 spiro atoms. The summed E-state index contributed by atoms with van der Waals surface area (Å²) in [6, 6.07) is 3.80. The van der Waals surface area contributed by atoms with Crippen LogP contribution in [0.4, 0.5) is 0 Å². The molecule has 0 bridgehead atoms. The molecule has 1 aromatic carbocycles. The zero-order chi connectivity index (χ0) is 21.1. The number of carbonyl (C=O) groups is 1. The van der Waals surface area contributed by atoms with Gasteiger partial charge in [0.15, 0.2) is 6.10 Å². The van der Waals surface area contributed by atoms with Crippen LogP contribution in [0.25, 0.3) is 11.0 Å². The molecule has 0 unspecified atom stereocenters. The second-order valence-electron chi connectivity index (χ2n) is 8.35. The van der Waals surface area contributed by atoms with E-state index in [2.05, 4.69) is 5.32 Å². The van der Waals surface area contributed by atoms with E-state index in [1.54, 1.807) is 6.92 Å². The molecule has 2 heterocycles. The van der Waals surface area contributed by atoms with Crippen molar-refractivity contribution in [3.05, 3.63) is 39.2 Å². The van der Waals surface area contributed by atoms with Crippen molar-refractivity contribution in [1.82, 2.24) is 5.32 Å². The van der Waals surface area contributed by atoms with Crippen molar-refractivity contribution in [2.45, 2.75) is 45.6 Å². The molecule has 0 radical (unpaired) electrons. The smallest absolute Gasteiger partial charge is 0.339 e. The summed E-state index contributed by atoms with van der Waals surface area (Å²) in [5.74, 6) is 0.483. The number of ether oxygens (including phenoxy) is 2. The summed E-state index contributed by atoms with van der Waals surface area (Å²) < 4.78 is 17.1. The predicted octanol–water partition coefficient (Wildman–Crippen LogP) is 0.779. The van der Waals surface area contributed by atoms with E-state index in [0.717, 1.165) is 80.6 Å².